The molecule has 0 fully saturated rings. The smallest absolute Gasteiger partial charge is 0.255 e. The minimum atomic E-state index is -0.226. The van der Waals surface area contributed by atoms with Gasteiger partial charge in [-0.15, -0.1) is 0 Å². The number of benzene rings is 2. The Labute approximate surface area is 117 Å². The first-order valence-corrected chi connectivity index (χ1v) is 6.03. The number of rotatable bonds is 4. The predicted octanol–water partition coefficient (Wildman–Crippen LogP) is 2.54. The fourth-order valence-electron chi connectivity index (χ4n) is 1.80. The number of hydrogen-bond acceptors (Lipinski definition) is 4. The number of nitrogens with two attached hydrogens (primary N) is 1. The second-order valence-corrected chi connectivity index (χ2v) is 4.11. The number of hydrogen-bond donors (Lipinski definition) is 2. The Bertz CT molecular complexity index is 612. The van der Waals surface area contributed by atoms with E-state index in [9.17, 15) is 4.79 Å². The van der Waals surface area contributed by atoms with E-state index in [0.717, 1.165) is 0 Å². The molecule has 0 atom stereocenters. The summed E-state index contributed by atoms with van der Waals surface area (Å²) in [6, 6.07) is 12.2. The molecule has 104 valence electrons. The molecule has 0 unspecified atom stereocenters. The van der Waals surface area contributed by atoms with Gasteiger partial charge in [0.1, 0.15) is 11.5 Å². The normalized spacial score (nSPS) is 9.90. The maximum Gasteiger partial charge on any atom is 0.255 e. The number of nitrogen functional groups attached to an aromatic ring is 1. The lowest BCUT2D eigenvalue weighted by atomic mass is 10.2. The van der Waals surface area contributed by atoms with Gasteiger partial charge in [0.2, 0.25) is 0 Å². The van der Waals surface area contributed by atoms with Crippen LogP contribution in [0.4, 0.5) is 11.4 Å². The average molecular weight is 272 g/mol. The van der Waals surface area contributed by atoms with Crippen LogP contribution in [0.5, 0.6) is 11.5 Å². The number of anilines is 2. The first-order chi connectivity index (χ1) is 9.65. The van der Waals surface area contributed by atoms with E-state index in [4.69, 9.17) is 15.2 Å². The molecule has 0 bridgehead atoms. The van der Waals surface area contributed by atoms with Crippen molar-refractivity contribution in [1.29, 1.82) is 0 Å². The molecule has 3 N–H and O–H groups in total. The van der Waals surface area contributed by atoms with Gasteiger partial charge >= 0.3 is 0 Å². The van der Waals surface area contributed by atoms with E-state index in [1.54, 1.807) is 36.4 Å². The molecule has 0 radical (unpaired) electrons. The summed E-state index contributed by atoms with van der Waals surface area (Å²) >= 11 is 0. The van der Waals surface area contributed by atoms with E-state index in [1.807, 2.05) is 6.07 Å². The van der Waals surface area contributed by atoms with Crippen molar-refractivity contribution < 1.29 is 14.3 Å². The van der Waals surface area contributed by atoms with E-state index < -0.39 is 0 Å². The fourth-order valence-corrected chi connectivity index (χ4v) is 1.80. The highest BCUT2D eigenvalue weighted by Crippen LogP contribution is 2.34. The van der Waals surface area contributed by atoms with E-state index in [2.05, 4.69) is 5.32 Å². The molecule has 5 heteroatoms. The Balaban J connectivity index is 2.31. The molecule has 0 saturated carbocycles. The molecule has 5 nitrogen and oxygen atoms in total. The van der Waals surface area contributed by atoms with Crippen LogP contribution < -0.4 is 20.5 Å². The number of methoxy groups -OCH3 is 2. The van der Waals surface area contributed by atoms with Crippen LogP contribution in [0.25, 0.3) is 0 Å². The summed E-state index contributed by atoms with van der Waals surface area (Å²) in [6.07, 6.45) is 0. The molecule has 0 aliphatic heterocycles. The lowest BCUT2D eigenvalue weighted by Gasteiger charge is -2.13. The van der Waals surface area contributed by atoms with Gasteiger partial charge in [-0.1, -0.05) is 18.2 Å². The SMILES string of the molecule is COc1cc(NC(=O)c2ccccc2)c(OC)cc1N. The Morgan fingerprint density at radius 1 is 1.05 bits per heavy atom. The van der Waals surface area contributed by atoms with Gasteiger partial charge in [-0.3, -0.25) is 4.79 Å². The number of ether oxygens (including phenoxy) is 2. The van der Waals surface area contributed by atoms with Crippen LogP contribution in [0.3, 0.4) is 0 Å². The summed E-state index contributed by atoms with van der Waals surface area (Å²) in [7, 11) is 3.03. The maximum absolute atomic E-state index is 12.1. The van der Waals surface area contributed by atoms with Gasteiger partial charge in [-0.25, -0.2) is 0 Å². The lowest BCUT2D eigenvalue weighted by Crippen LogP contribution is -2.12. The van der Waals surface area contributed by atoms with Gasteiger partial charge in [0.15, 0.2) is 0 Å². The summed E-state index contributed by atoms with van der Waals surface area (Å²) in [6.45, 7) is 0. The molecule has 20 heavy (non-hydrogen) atoms. The number of amides is 1. The second-order valence-electron chi connectivity index (χ2n) is 4.11. The largest absolute Gasteiger partial charge is 0.495 e. The molecule has 0 spiro atoms. The van der Waals surface area contributed by atoms with E-state index >= 15 is 0 Å². The Morgan fingerprint density at radius 2 is 1.70 bits per heavy atom. The van der Waals surface area contributed by atoms with Crippen LogP contribution in [0, 0.1) is 0 Å². The minimum Gasteiger partial charge on any atom is -0.495 e. The predicted molar refractivity (Wildman–Crippen MR) is 78.4 cm³/mol. The first kappa shape index (κ1) is 13.7. The van der Waals surface area contributed by atoms with Crippen molar-refractivity contribution >= 4 is 17.3 Å². The zero-order valence-electron chi connectivity index (χ0n) is 11.3. The van der Waals surface area contributed by atoms with Crippen LogP contribution in [0.1, 0.15) is 10.4 Å². The van der Waals surface area contributed by atoms with Crippen LogP contribution in [-0.2, 0) is 0 Å². The van der Waals surface area contributed by atoms with Crippen LogP contribution >= 0.6 is 0 Å². The van der Waals surface area contributed by atoms with E-state index in [-0.39, 0.29) is 5.91 Å². The number of nitrogens with one attached hydrogen (secondary N) is 1. The van der Waals surface area contributed by atoms with Crippen molar-refractivity contribution in [1.82, 2.24) is 0 Å². The molecule has 0 aliphatic rings. The third-order valence-electron chi connectivity index (χ3n) is 2.84. The molecule has 0 heterocycles. The van der Waals surface area contributed by atoms with Crippen molar-refractivity contribution in [2.75, 3.05) is 25.3 Å². The summed E-state index contributed by atoms with van der Waals surface area (Å²) < 4.78 is 10.4. The molecule has 2 aromatic rings. The summed E-state index contributed by atoms with van der Waals surface area (Å²) in [5.41, 5.74) is 7.31. The van der Waals surface area contributed by atoms with Crippen molar-refractivity contribution in [3.8, 4) is 11.5 Å². The molecule has 2 aromatic carbocycles. The molecule has 2 rings (SSSR count). The topological polar surface area (TPSA) is 73.6 Å². The van der Waals surface area contributed by atoms with Crippen molar-refractivity contribution in [3.63, 3.8) is 0 Å². The first-order valence-electron chi connectivity index (χ1n) is 6.03. The van der Waals surface area contributed by atoms with Crippen molar-refractivity contribution in [3.05, 3.63) is 48.0 Å². The molecule has 0 aromatic heterocycles. The average Bonchev–Trinajstić information content (AvgIpc) is 2.49. The third-order valence-corrected chi connectivity index (χ3v) is 2.84. The summed E-state index contributed by atoms with van der Waals surface area (Å²) in [4.78, 5) is 12.1. The second kappa shape index (κ2) is 5.97. The van der Waals surface area contributed by atoms with Gasteiger partial charge in [0, 0.05) is 17.7 Å². The van der Waals surface area contributed by atoms with E-state index in [0.29, 0.717) is 28.4 Å². The highest BCUT2D eigenvalue weighted by atomic mass is 16.5. The number of carbonyl (C=O) groups is 1. The molecule has 0 saturated heterocycles. The monoisotopic (exact) mass is 272 g/mol. The Kier molecular flexibility index (Phi) is 4.10. The zero-order chi connectivity index (χ0) is 14.5. The van der Waals surface area contributed by atoms with Gasteiger partial charge in [-0.05, 0) is 12.1 Å². The zero-order valence-corrected chi connectivity index (χ0v) is 11.3. The van der Waals surface area contributed by atoms with Crippen LogP contribution in [0.2, 0.25) is 0 Å². The quantitative estimate of drug-likeness (QED) is 0.839. The maximum atomic E-state index is 12.1. The van der Waals surface area contributed by atoms with Crippen LogP contribution in [-0.4, -0.2) is 20.1 Å². The Hall–Kier alpha value is -2.69. The van der Waals surface area contributed by atoms with Crippen LogP contribution in [0.15, 0.2) is 42.5 Å². The van der Waals surface area contributed by atoms with E-state index in [1.165, 1.54) is 14.2 Å². The molecule has 1 amide bonds. The highest BCUT2D eigenvalue weighted by Gasteiger charge is 2.12. The molecular weight excluding hydrogens is 256 g/mol. The summed E-state index contributed by atoms with van der Waals surface area (Å²) in [5, 5.41) is 2.78. The fraction of sp³-hybridized carbons (Fsp3) is 0.133. The standard InChI is InChI=1S/C15H16N2O3/c1-19-13-9-12(14(20-2)8-11(13)16)17-15(18)10-6-4-3-5-7-10/h3-9H,16H2,1-2H3,(H,17,18). The number of carbonyl (C=O) groups excluding carboxylic acids is 1. The highest BCUT2D eigenvalue weighted by molar-refractivity contribution is 6.05. The van der Waals surface area contributed by atoms with Gasteiger partial charge in [0.05, 0.1) is 25.6 Å². The minimum absolute atomic E-state index is 0.226. The molecule has 0 aliphatic carbocycles. The lowest BCUT2D eigenvalue weighted by molar-refractivity contribution is 0.102. The third kappa shape index (κ3) is 2.83. The van der Waals surface area contributed by atoms with Gasteiger partial charge in [0.25, 0.3) is 5.91 Å². The van der Waals surface area contributed by atoms with Crippen molar-refractivity contribution in [2.24, 2.45) is 0 Å². The molecular formula is C15H16N2O3. The van der Waals surface area contributed by atoms with Gasteiger partial charge < -0.3 is 20.5 Å². The summed E-state index contributed by atoms with van der Waals surface area (Å²) in [5.74, 6) is 0.734. The van der Waals surface area contributed by atoms with Crippen molar-refractivity contribution in [2.45, 2.75) is 0 Å². The Morgan fingerprint density at radius 3 is 2.30 bits per heavy atom. The van der Waals surface area contributed by atoms with Gasteiger partial charge in [-0.2, -0.15) is 0 Å².